The lowest BCUT2D eigenvalue weighted by molar-refractivity contribution is 0.102. The molecule has 2 rings (SSSR count). The quantitative estimate of drug-likeness (QED) is 0.883. The minimum atomic E-state index is -3.34. The average molecular weight is 360 g/mol. The Morgan fingerprint density at radius 2 is 1.76 bits per heavy atom. The summed E-state index contributed by atoms with van der Waals surface area (Å²) in [5.74, 6) is 0.0776. The molecule has 0 spiro atoms. The number of nitrogens with one attached hydrogen (secondary N) is 1. The number of benzene rings is 2. The number of carbonyl (C=O) groups is 1. The first kappa shape index (κ1) is 19.0. The van der Waals surface area contributed by atoms with E-state index >= 15 is 0 Å². The zero-order valence-corrected chi connectivity index (χ0v) is 16.0. The molecule has 25 heavy (non-hydrogen) atoms. The summed E-state index contributed by atoms with van der Waals surface area (Å²) in [6, 6.07) is 12.7. The highest BCUT2D eigenvalue weighted by Gasteiger charge is 2.16. The number of aryl methyl sites for hydroxylation is 1. The van der Waals surface area contributed by atoms with Crippen LogP contribution in [0.1, 0.15) is 41.3 Å². The first-order valence-corrected chi connectivity index (χ1v) is 9.91. The van der Waals surface area contributed by atoms with E-state index in [0.717, 1.165) is 23.1 Å². The number of sulfonamides is 1. The van der Waals surface area contributed by atoms with Crippen molar-refractivity contribution in [3.63, 3.8) is 0 Å². The van der Waals surface area contributed by atoms with Crippen LogP contribution >= 0.6 is 0 Å². The highest BCUT2D eigenvalue weighted by Crippen LogP contribution is 2.26. The summed E-state index contributed by atoms with van der Waals surface area (Å²) >= 11 is 0. The fourth-order valence-electron chi connectivity index (χ4n) is 2.64. The molecule has 0 bridgehead atoms. The van der Waals surface area contributed by atoms with Gasteiger partial charge in [0.15, 0.2) is 0 Å². The van der Waals surface area contributed by atoms with Gasteiger partial charge in [-0.2, -0.15) is 0 Å². The van der Waals surface area contributed by atoms with E-state index in [1.807, 2.05) is 24.3 Å². The number of carbonyl (C=O) groups excluding carboxylic acids is 1. The van der Waals surface area contributed by atoms with Gasteiger partial charge < -0.3 is 5.32 Å². The fraction of sp³-hybridized carbons (Fsp3) is 0.316. The summed E-state index contributed by atoms with van der Waals surface area (Å²) in [6.45, 7) is 5.94. The van der Waals surface area contributed by atoms with E-state index in [1.165, 1.54) is 11.4 Å². The van der Waals surface area contributed by atoms with E-state index in [4.69, 9.17) is 0 Å². The molecule has 5 nitrogen and oxygen atoms in total. The van der Waals surface area contributed by atoms with Gasteiger partial charge in [0.05, 0.1) is 11.9 Å². The van der Waals surface area contributed by atoms with E-state index in [-0.39, 0.29) is 5.91 Å². The largest absolute Gasteiger partial charge is 0.322 e. The van der Waals surface area contributed by atoms with Gasteiger partial charge in [0.2, 0.25) is 10.0 Å². The van der Waals surface area contributed by atoms with Crippen molar-refractivity contribution in [2.75, 3.05) is 22.9 Å². The van der Waals surface area contributed by atoms with Gasteiger partial charge in [-0.1, -0.05) is 32.0 Å². The topological polar surface area (TPSA) is 66.5 Å². The molecular weight excluding hydrogens is 336 g/mol. The van der Waals surface area contributed by atoms with E-state index in [0.29, 0.717) is 17.2 Å². The molecule has 2 aromatic carbocycles. The third-order valence-electron chi connectivity index (χ3n) is 4.13. The molecule has 0 aliphatic rings. The molecule has 0 aliphatic heterocycles. The number of hydrogen-bond acceptors (Lipinski definition) is 3. The lowest BCUT2D eigenvalue weighted by Gasteiger charge is -2.19. The molecule has 0 unspecified atom stereocenters. The van der Waals surface area contributed by atoms with Crippen molar-refractivity contribution in [3.05, 3.63) is 59.2 Å². The summed E-state index contributed by atoms with van der Waals surface area (Å²) in [5.41, 5.74) is 3.62. The Morgan fingerprint density at radius 3 is 2.32 bits per heavy atom. The predicted molar refractivity (Wildman–Crippen MR) is 103 cm³/mol. The summed E-state index contributed by atoms with van der Waals surface area (Å²) in [5, 5.41) is 2.94. The summed E-state index contributed by atoms with van der Waals surface area (Å²) in [7, 11) is -1.85. The van der Waals surface area contributed by atoms with Gasteiger partial charge in [0.1, 0.15) is 0 Å². The van der Waals surface area contributed by atoms with Crippen LogP contribution in [0.15, 0.2) is 42.5 Å². The molecule has 0 aromatic heterocycles. The fourth-order valence-corrected chi connectivity index (χ4v) is 3.20. The van der Waals surface area contributed by atoms with Gasteiger partial charge in [-0.05, 0) is 48.2 Å². The highest BCUT2D eigenvalue weighted by molar-refractivity contribution is 7.92. The second-order valence-corrected chi connectivity index (χ2v) is 8.44. The van der Waals surface area contributed by atoms with Gasteiger partial charge in [-0.15, -0.1) is 0 Å². The van der Waals surface area contributed by atoms with E-state index in [9.17, 15) is 13.2 Å². The summed E-state index contributed by atoms with van der Waals surface area (Å²) in [4.78, 5) is 12.6. The van der Waals surface area contributed by atoms with Gasteiger partial charge in [0.25, 0.3) is 5.91 Å². The maximum Gasteiger partial charge on any atom is 0.255 e. The second-order valence-electron chi connectivity index (χ2n) is 6.43. The molecule has 0 aliphatic carbocycles. The average Bonchev–Trinajstić information content (AvgIpc) is 2.53. The molecule has 0 fully saturated rings. The Morgan fingerprint density at radius 1 is 1.12 bits per heavy atom. The number of para-hydroxylation sites is 1. The molecular formula is C19H24N2O3S. The van der Waals surface area contributed by atoms with Crippen molar-refractivity contribution in [2.45, 2.75) is 26.7 Å². The van der Waals surface area contributed by atoms with Crippen LogP contribution in [-0.2, 0) is 10.0 Å². The van der Waals surface area contributed by atoms with Crippen molar-refractivity contribution in [3.8, 4) is 0 Å². The molecule has 0 saturated carbocycles. The van der Waals surface area contributed by atoms with Crippen LogP contribution < -0.4 is 9.62 Å². The Kier molecular flexibility index (Phi) is 5.52. The Hall–Kier alpha value is -2.34. The molecule has 1 N–H and O–H groups in total. The molecule has 0 saturated heterocycles. The van der Waals surface area contributed by atoms with E-state index in [2.05, 4.69) is 19.2 Å². The predicted octanol–water partition coefficient (Wildman–Crippen LogP) is 3.77. The Labute approximate surface area is 149 Å². The van der Waals surface area contributed by atoms with Crippen LogP contribution in [0, 0.1) is 6.92 Å². The number of anilines is 2. The van der Waals surface area contributed by atoms with E-state index in [1.54, 1.807) is 25.1 Å². The lowest BCUT2D eigenvalue weighted by Crippen LogP contribution is -2.25. The maximum atomic E-state index is 12.6. The summed E-state index contributed by atoms with van der Waals surface area (Å²) in [6.07, 6.45) is 1.15. The van der Waals surface area contributed by atoms with Crippen LogP contribution in [0.3, 0.4) is 0 Å². The number of nitrogens with zero attached hydrogens (tertiary/aromatic N) is 1. The molecule has 6 heteroatoms. The Bertz CT molecular complexity index is 889. The highest BCUT2D eigenvalue weighted by atomic mass is 32.2. The molecule has 134 valence electrons. The van der Waals surface area contributed by atoms with Gasteiger partial charge in [0, 0.05) is 18.3 Å². The van der Waals surface area contributed by atoms with Crippen LogP contribution in [0.5, 0.6) is 0 Å². The second kappa shape index (κ2) is 7.27. The van der Waals surface area contributed by atoms with Crippen LogP contribution in [-0.4, -0.2) is 27.6 Å². The molecule has 0 heterocycles. The number of hydrogen-bond donors (Lipinski definition) is 1. The number of rotatable bonds is 5. The van der Waals surface area contributed by atoms with Gasteiger partial charge in [-0.25, -0.2) is 8.42 Å². The van der Waals surface area contributed by atoms with Crippen molar-refractivity contribution >= 4 is 27.3 Å². The standard InChI is InChI=1S/C19H24N2O3S/c1-13(2)16-8-6-7-9-17(16)20-19(22)15-10-11-18(14(3)12-15)21(4)25(5,23)24/h6-13H,1-5H3,(H,20,22). The third-order valence-corrected chi connectivity index (χ3v) is 5.32. The zero-order valence-electron chi connectivity index (χ0n) is 15.2. The first-order chi connectivity index (χ1) is 11.6. The minimum absolute atomic E-state index is 0.218. The monoisotopic (exact) mass is 360 g/mol. The maximum absolute atomic E-state index is 12.6. The van der Waals surface area contributed by atoms with Gasteiger partial charge >= 0.3 is 0 Å². The van der Waals surface area contributed by atoms with Crippen molar-refractivity contribution in [1.82, 2.24) is 0 Å². The van der Waals surface area contributed by atoms with Crippen LogP contribution in [0.2, 0.25) is 0 Å². The van der Waals surface area contributed by atoms with Crippen molar-refractivity contribution in [1.29, 1.82) is 0 Å². The Balaban J connectivity index is 2.29. The molecule has 0 atom stereocenters. The third kappa shape index (κ3) is 4.39. The number of amides is 1. The molecule has 2 aromatic rings. The molecule has 1 amide bonds. The lowest BCUT2D eigenvalue weighted by atomic mass is 10.0. The van der Waals surface area contributed by atoms with Crippen LogP contribution in [0.4, 0.5) is 11.4 Å². The summed E-state index contributed by atoms with van der Waals surface area (Å²) < 4.78 is 24.6. The smallest absolute Gasteiger partial charge is 0.255 e. The van der Waals surface area contributed by atoms with Crippen LogP contribution in [0.25, 0.3) is 0 Å². The zero-order chi connectivity index (χ0) is 18.8. The first-order valence-electron chi connectivity index (χ1n) is 8.06. The minimum Gasteiger partial charge on any atom is -0.322 e. The van der Waals surface area contributed by atoms with Crippen molar-refractivity contribution in [2.24, 2.45) is 0 Å². The van der Waals surface area contributed by atoms with Crippen molar-refractivity contribution < 1.29 is 13.2 Å². The SMILES string of the molecule is Cc1cc(C(=O)Nc2ccccc2C(C)C)ccc1N(C)S(C)(=O)=O. The van der Waals surface area contributed by atoms with E-state index < -0.39 is 10.0 Å². The van der Waals surface area contributed by atoms with Gasteiger partial charge in [-0.3, -0.25) is 9.10 Å². The molecule has 0 radical (unpaired) electrons. The normalized spacial score (nSPS) is 11.4.